The molecule has 1 unspecified atom stereocenters. The van der Waals surface area contributed by atoms with Crippen LogP contribution in [0.25, 0.3) is 10.6 Å². The first kappa shape index (κ1) is 13.6. The normalized spacial score (nSPS) is 12.9. The van der Waals surface area contributed by atoms with Crippen LogP contribution >= 0.6 is 27.3 Å². The Hall–Kier alpha value is -0.780. The van der Waals surface area contributed by atoms with Crippen molar-refractivity contribution in [2.75, 3.05) is 6.61 Å². The van der Waals surface area contributed by atoms with Crippen molar-refractivity contribution in [1.29, 1.82) is 0 Å². The summed E-state index contributed by atoms with van der Waals surface area (Å²) in [5.41, 5.74) is 0.912. The topological polar surface area (TPSA) is 46.0 Å². The van der Waals surface area contributed by atoms with Crippen molar-refractivity contribution < 1.29 is 5.11 Å². The number of nitrogens with zero attached hydrogens (tertiary/aromatic N) is 2. The summed E-state index contributed by atoms with van der Waals surface area (Å²) in [7, 11) is 0. The van der Waals surface area contributed by atoms with Gasteiger partial charge in [-0.25, -0.2) is 9.97 Å². The van der Waals surface area contributed by atoms with E-state index in [1.807, 2.05) is 17.5 Å². The molecule has 1 N–H and O–H groups in total. The van der Waals surface area contributed by atoms with Crippen molar-refractivity contribution in [1.82, 2.24) is 9.97 Å². The highest BCUT2D eigenvalue weighted by atomic mass is 79.9. The van der Waals surface area contributed by atoms with Crippen LogP contribution in [-0.4, -0.2) is 21.7 Å². The van der Waals surface area contributed by atoms with E-state index in [-0.39, 0.29) is 12.5 Å². The fraction of sp³-hybridized carbons (Fsp3) is 0.385. The molecule has 0 aliphatic carbocycles. The van der Waals surface area contributed by atoms with Crippen LogP contribution in [-0.2, 0) is 0 Å². The highest BCUT2D eigenvalue weighted by Gasteiger charge is 2.18. The number of aliphatic hydroxyl groups is 1. The number of aromatic nitrogens is 2. The van der Waals surface area contributed by atoms with Crippen molar-refractivity contribution in [2.45, 2.75) is 19.8 Å². The molecule has 1 atom stereocenters. The van der Waals surface area contributed by atoms with Gasteiger partial charge in [-0.05, 0) is 34.0 Å². The monoisotopic (exact) mass is 326 g/mol. The summed E-state index contributed by atoms with van der Waals surface area (Å²) >= 11 is 5.08. The lowest BCUT2D eigenvalue weighted by Gasteiger charge is -2.16. The van der Waals surface area contributed by atoms with Gasteiger partial charge in [-0.15, -0.1) is 11.3 Å². The van der Waals surface area contributed by atoms with Crippen LogP contribution in [0.15, 0.2) is 28.2 Å². The van der Waals surface area contributed by atoms with Gasteiger partial charge < -0.3 is 5.11 Å². The Bertz CT molecular complexity index is 527. The molecule has 2 rings (SSSR count). The molecule has 96 valence electrons. The average molecular weight is 327 g/mol. The summed E-state index contributed by atoms with van der Waals surface area (Å²) in [5, 5.41) is 11.5. The molecule has 0 bridgehead atoms. The predicted octanol–water partition coefficient (Wildman–Crippen LogP) is 3.70. The lowest BCUT2D eigenvalue weighted by Crippen LogP contribution is -2.14. The van der Waals surface area contributed by atoms with Gasteiger partial charge >= 0.3 is 0 Å². The average Bonchev–Trinajstić information content (AvgIpc) is 2.77. The second kappa shape index (κ2) is 5.91. The Balaban J connectivity index is 2.35. The van der Waals surface area contributed by atoms with Gasteiger partial charge in [0.25, 0.3) is 0 Å². The Morgan fingerprint density at radius 1 is 1.44 bits per heavy atom. The molecule has 0 amide bonds. The molecule has 0 saturated heterocycles. The second-order valence-corrected chi connectivity index (χ2v) is 6.29. The summed E-state index contributed by atoms with van der Waals surface area (Å²) in [6, 6.07) is 3.94. The summed E-state index contributed by atoms with van der Waals surface area (Å²) in [5.74, 6) is 1.03. The third-order valence-electron chi connectivity index (χ3n) is 2.83. The lowest BCUT2D eigenvalue weighted by atomic mass is 9.96. The maximum Gasteiger partial charge on any atom is 0.134 e. The number of hydrogen-bond donors (Lipinski definition) is 1. The first-order valence-corrected chi connectivity index (χ1v) is 7.47. The summed E-state index contributed by atoms with van der Waals surface area (Å²) in [4.78, 5) is 9.96. The molecule has 2 heterocycles. The van der Waals surface area contributed by atoms with Crippen molar-refractivity contribution in [3.05, 3.63) is 34.0 Å². The maximum atomic E-state index is 9.43. The summed E-state index contributed by atoms with van der Waals surface area (Å²) in [6.45, 7) is 4.21. The fourth-order valence-corrected chi connectivity index (χ4v) is 3.13. The van der Waals surface area contributed by atoms with Gasteiger partial charge in [0, 0.05) is 22.0 Å². The molecule has 0 saturated carbocycles. The summed E-state index contributed by atoms with van der Waals surface area (Å²) < 4.78 is 1.06. The van der Waals surface area contributed by atoms with E-state index in [2.05, 4.69) is 39.7 Å². The first-order valence-electron chi connectivity index (χ1n) is 5.80. The van der Waals surface area contributed by atoms with Gasteiger partial charge in [-0.3, -0.25) is 0 Å². The van der Waals surface area contributed by atoms with Crippen LogP contribution in [0, 0.1) is 5.92 Å². The maximum absolute atomic E-state index is 9.43. The molecular formula is C13H15BrN2OS. The van der Waals surface area contributed by atoms with E-state index >= 15 is 0 Å². The number of halogens is 1. The highest BCUT2D eigenvalue weighted by molar-refractivity contribution is 9.10. The molecular weight excluding hydrogens is 312 g/mol. The highest BCUT2D eigenvalue weighted by Crippen LogP contribution is 2.29. The van der Waals surface area contributed by atoms with Crippen LogP contribution in [0.2, 0.25) is 0 Å². The first-order chi connectivity index (χ1) is 8.61. The third kappa shape index (κ3) is 2.96. The van der Waals surface area contributed by atoms with Crippen LogP contribution in [0.4, 0.5) is 0 Å². The number of hydrogen-bond acceptors (Lipinski definition) is 4. The zero-order chi connectivity index (χ0) is 13.1. The van der Waals surface area contributed by atoms with Crippen LogP contribution in [0.1, 0.15) is 25.6 Å². The molecule has 0 radical (unpaired) electrons. The molecule has 3 nitrogen and oxygen atoms in total. The minimum Gasteiger partial charge on any atom is -0.396 e. The Labute approximate surface area is 119 Å². The molecule has 2 aromatic rings. The van der Waals surface area contributed by atoms with Gasteiger partial charge in [-0.1, -0.05) is 13.8 Å². The van der Waals surface area contributed by atoms with Crippen molar-refractivity contribution in [3.63, 3.8) is 0 Å². The molecule has 0 aromatic carbocycles. The third-order valence-corrected chi connectivity index (χ3v) is 4.54. The van der Waals surface area contributed by atoms with E-state index in [0.717, 1.165) is 20.9 Å². The fourth-order valence-electron chi connectivity index (χ4n) is 1.73. The SMILES string of the molecule is CC(C)C(CO)c1nccc(-c2cc(Br)cs2)n1. The minimum atomic E-state index is -0.00615. The van der Waals surface area contributed by atoms with Crippen LogP contribution < -0.4 is 0 Å². The van der Waals surface area contributed by atoms with Gasteiger partial charge in [0.2, 0.25) is 0 Å². The van der Waals surface area contributed by atoms with Crippen molar-refractivity contribution in [2.24, 2.45) is 5.92 Å². The molecule has 0 aliphatic heterocycles. The van der Waals surface area contributed by atoms with E-state index in [9.17, 15) is 5.11 Å². The Morgan fingerprint density at radius 3 is 2.78 bits per heavy atom. The zero-order valence-electron chi connectivity index (χ0n) is 10.3. The number of aliphatic hydroxyl groups excluding tert-OH is 1. The number of thiophene rings is 1. The minimum absolute atomic E-state index is 0.00615. The van der Waals surface area contributed by atoms with E-state index in [0.29, 0.717) is 5.92 Å². The standard InChI is InChI=1S/C13H15BrN2OS/c1-8(2)10(6-17)13-15-4-3-11(16-13)12-5-9(14)7-18-12/h3-5,7-8,10,17H,6H2,1-2H3. The second-order valence-electron chi connectivity index (χ2n) is 4.46. The molecule has 0 aliphatic rings. The van der Waals surface area contributed by atoms with Gasteiger partial charge in [0.1, 0.15) is 5.82 Å². The molecule has 0 fully saturated rings. The Kier molecular flexibility index (Phi) is 4.48. The lowest BCUT2D eigenvalue weighted by molar-refractivity contribution is 0.232. The van der Waals surface area contributed by atoms with E-state index in [1.54, 1.807) is 17.5 Å². The molecule has 18 heavy (non-hydrogen) atoms. The Morgan fingerprint density at radius 2 is 2.22 bits per heavy atom. The van der Waals surface area contributed by atoms with E-state index in [1.165, 1.54) is 0 Å². The smallest absolute Gasteiger partial charge is 0.134 e. The quantitative estimate of drug-likeness (QED) is 0.931. The van der Waals surface area contributed by atoms with Crippen LogP contribution in [0.3, 0.4) is 0 Å². The summed E-state index contributed by atoms with van der Waals surface area (Å²) in [6.07, 6.45) is 1.76. The largest absolute Gasteiger partial charge is 0.396 e. The van der Waals surface area contributed by atoms with Crippen LogP contribution in [0.5, 0.6) is 0 Å². The van der Waals surface area contributed by atoms with E-state index in [4.69, 9.17) is 0 Å². The molecule has 0 spiro atoms. The van der Waals surface area contributed by atoms with Gasteiger partial charge in [0.15, 0.2) is 0 Å². The predicted molar refractivity (Wildman–Crippen MR) is 77.7 cm³/mol. The van der Waals surface area contributed by atoms with Crippen molar-refractivity contribution in [3.8, 4) is 10.6 Å². The molecule has 2 aromatic heterocycles. The zero-order valence-corrected chi connectivity index (χ0v) is 12.7. The van der Waals surface area contributed by atoms with Gasteiger partial charge in [-0.2, -0.15) is 0 Å². The van der Waals surface area contributed by atoms with Crippen molar-refractivity contribution >= 4 is 27.3 Å². The molecule has 5 heteroatoms. The number of rotatable bonds is 4. The van der Waals surface area contributed by atoms with Gasteiger partial charge in [0.05, 0.1) is 17.2 Å². The van der Waals surface area contributed by atoms with E-state index < -0.39 is 0 Å².